The molecule has 1 N–H and O–H groups in total. The Labute approximate surface area is 72.1 Å². The third-order valence-electron chi connectivity index (χ3n) is 2.19. The lowest BCUT2D eigenvalue weighted by atomic mass is 9.95. The first-order chi connectivity index (χ1) is 5.36. The molecule has 0 aliphatic carbocycles. The smallest absolute Gasteiger partial charge is 0.120 e. The Bertz CT molecular complexity index is 129. The van der Waals surface area contributed by atoms with E-state index in [-0.39, 0.29) is 0 Å². The maximum absolute atomic E-state index is 10.2. The van der Waals surface area contributed by atoms with Crippen molar-refractivity contribution < 1.29 is 4.79 Å². The fraction of sp³-hybridized carbons (Fsp3) is 0.875. The molecule has 0 aromatic carbocycles. The summed E-state index contributed by atoms with van der Waals surface area (Å²) in [6.45, 7) is 1.07. The molecular formula is C8H15NOS. The minimum Gasteiger partial charge on any atom is -0.305 e. The highest BCUT2D eigenvalue weighted by Crippen LogP contribution is 2.23. The van der Waals surface area contributed by atoms with Gasteiger partial charge in [-0.2, -0.15) is 0 Å². The van der Waals surface area contributed by atoms with Crippen LogP contribution in [0.15, 0.2) is 0 Å². The van der Waals surface area contributed by atoms with Gasteiger partial charge >= 0.3 is 0 Å². The molecule has 0 aromatic rings. The summed E-state index contributed by atoms with van der Waals surface area (Å²) in [6, 6.07) is 0. The van der Waals surface area contributed by atoms with E-state index in [9.17, 15) is 4.79 Å². The lowest BCUT2D eigenvalue weighted by Crippen LogP contribution is -2.35. The van der Waals surface area contributed by atoms with E-state index in [0.29, 0.717) is 11.3 Å². The van der Waals surface area contributed by atoms with Crippen LogP contribution in [0.5, 0.6) is 0 Å². The number of hydrogen-bond acceptors (Lipinski definition) is 3. The van der Waals surface area contributed by atoms with Crippen LogP contribution in [0.2, 0.25) is 0 Å². The van der Waals surface area contributed by atoms with Gasteiger partial charge in [0.1, 0.15) is 6.29 Å². The van der Waals surface area contributed by atoms with Gasteiger partial charge in [0.05, 0.1) is 5.37 Å². The van der Waals surface area contributed by atoms with Crippen molar-refractivity contribution in [3.8, 4) is 0 Å². The van der Waals surface area contributed by atoms with Crippen LogP contribution in [-0.4, -0.2) is 24.5 Å². The zero-order valence-electron chi connectivity index (χ0n) is 6.88. The number of carbonyl (C=O) groups is 1. The second-order valence-corrected chi connectivity index (χ2v) is 4.01. The molecule has 2 unspecified atom stereocenters. The molecule has 64 valence electrons. The van der Waals surface area contributed by atoms with Crippen LogP contribution >= 0.6 is 11.8 Å². The van der Waals surface area contributed by atoms with Crippen molar-refractivity contribution in [3.05, 3.63) is 0 Å². The Kier molecular flexibility index (Phi) is 3.94. The van der Waals surface area contributed by atoms with E-state index in [1.165, 1.54) is 0 Å². The Hall–Kier alpha value is -0.0200. The van der Waals surface area contributed by atoms with Gasteiger partial charge in [0.15, 0.2) is 0 Å². The monoisotopic (exact) mass is 173 g/mol. The van der Waals surface area contributed by atoms with Crippen LogP contribution in [0.25, 0.3) is 0 Å². The van der Waals surface area contributed by atoms with Crippen molar-refractivity contribution >= 4 is 18.0 Å². The summed E-state index contributed by atoms with van der Waals surface area (Å²) in [7, 11) is 0. The second-order valence-electron chi connectivity index (χ2n) is 2.97. The summed E-state index contributed by atoms with van der Waals surface area (Å²) in [5, 5.41) is 3.98. The van der Waals surface area contributed by atoms with Crippen LogP contribution in [0.3, 0.4) is 0 Å². The van der Waals surface area contributed by atoms with Crippen molar-refractivity contribution in [3.63, 3.8) is 0 Å². The van der Waals surface area contributed by atoms with Crippen molar-refractivity contribution in [2.45, 2.75) is 24.6 Å². The van der Waals surface area contributed by atoms with Gasteiger partial charge in [0.2, 0.25) is 0 Å². The van der Waals surface area contributed by atoms with Crippen LogP contribution < -0.4 is 5.32 Å². The average molecular weight is 173 g/mol. The highest BCUT2D eigenvalue weighted by Gasteiger charge is 2.19. The molecule has 0 spiro atoms. The third-order valence-corrected chi connectivity index (χ3v) is 3.11. The van der Waals surface area contributed by atoms with Gasteiger partial charge in [-0.05, 0) is 31.6 Å². The molecule has 11 heavy (non-hydrogen) atoms. The normalized spacial score (nSPS) is 31.7. The van der Waals surface area contributed by atoms with Gasteiger partial charge in [0, 0.05) is 6.42 Å². The predicted octanol–water partition coefficient (Wildman–Crippen LogP) is 1.26. The Morgan fingerprint density at radius 3 is 3.18 bits per heavy atom. The maximum Gasteiger partial charge on any atom is 0.120 e. The van der Waals surface area contributed by atoms with Crippen molar-refractivity contribution in [2.24, 2.45) is 5.92 Å². The molecule has 1 heterocycles. The first-order valence-electron chi connectivity index (χ1n) is 4.06. The zero-order chi connectivity index (χ0) is 8.10. The fourth-order valence-corrected chi connectivity index (χ4v) is 2.23. The van der Waals surface area contributed by atoms with Gasteiger partial charge in [-0.1, -0.05) is 0 Å². The van der Waals surface area contributed by atoms with E-state index >= 15 is 0 Å². The molecule has 1 fully saturated rings. The molecule has 2 atom stereocenters. The summed E-state index contributed by atoms with van der Waals surface area (Å²) in [6.07, 6.45) is 6.22. The predicted molar refractivity (Wildman–Crippen MR) is 48.7 cm³/mol. The number of aldehydes is 1. The molecule has 0 saturated carbocycles. The fourth-order valence-electron chi connectivity index (χ4n) is 1.48. The Morgan fingerprint density at radius 1 is 1.73 bits per heavy atom. The van der Waals surface area contributed by atoms with Gasteiger partial charge in [-0.3, -0.25) is 0 Å². The lowest BCUT2D eigenvalue weighted by molar-refractivity contribution is -0.108. The third kappa shape index (κ3) is 2.83. The van der Waals surface area contributed by atoms with Crippen LogP contribution in [0, 0.1) is 5.92 Å². The summed E-state index contributed by atoms with van der Waals surface area (Å²) in [5.74, 6) is 0.631. The zero-order valence-corrected chi connectivity index (χ0v) is 7.69. The molecule has 2 nitrogen and oxygen atoms in total. The largest absolute Gasteiger partial charge is 0.305 e. The quantitative estimate of drug-likeness (QED) is 0.652. The van der Waals surface area contributed by atoms with Gasteiger partial charge in [0.25, 0.3) is 0 Å². The first kappa shape index (κ1) is 9.07. The Morgan fingerprint density at radius 2 is 2.55 bits per heavy atom. The second kappa shape index (κ2) is 4.78. The number of rotatable bonds is 3. The summed E-state index contributed by atoms with van der Waals surface area (Å²) in [4.78, 5) is 10.2. The molecule has 1 aliphatic heterocycles. The van der Waals surface area contributed by atoms with E-state index in [0.717, 1.165) is 32.1 Å². The summed E-state index contributed by atoms with van der Waals surface area (Å²) < 4.78 is 0. The SMILES string of the molecule is CSC1CC(CC=O)CCN1. The molecule has 1 rings (SSSR count). The highest BCUT2D eigenvalue weighted by atomic mass is 32.2. The van der Waals surface area contributed by atoms with E-state index < -0.39 is 0 Å². The molecule has 3 heteroatoms. The molecule has 0 radical (unpaired) electrons. The van der Waals surface area contributed by atoms with Crippen molar-refractivity contribution in [2.75, 3.05) is 12.8 Å². The van der Waals surface area contributed by atoms with E-state index in [1.54, 1.807) is 0 Å². The summed E-state index contributed by atoms with van der Waals surface area (Å²) in [5.41, 5.74) is 0. The molecule has 0 bridgehead atoms. The minimum atomic E-state index is 0.577. The molecule has 1 aliphatic rings. The standard InChI is InChI=1S/C8H15NOS/c1-11-8-6-7(3-5-10)2-4-9-8/h5,7-9H,2-4,6H2,1H3. The van der Waals surface area contributed by atoms with Gasteiger partial charge < -0.3 is 10.1 Å². The van der Waals surface area contributed by atoms with Crippen molar-refractivity contribution in [1.29, 1.82) is 0 Å². The molecule has 1 saturated heterocycles. The van der Waals surface area contributed by atoms with E-state index in [1.807, 2.05) is 11.8 Å². The highest BCUT2D eigenvalue weighted by molar-refractivity contribution is 7.99. The topological polar surface area (TPSA) is 29.1 Å². The average Bonchev–Trinajstić information content (AvgIpc) is 2.06. The maximum atomic E-state index is 10.2. The van der Waals surface area contributed by atoms with Crippen LogP contribution in [0.4, 0.5) is 0 Å². The van der Waals surface area contributed by atoms with Crippen LogP contribution in [-0.2, 0) is 4.79 Å². The molecule has 0 aromatic heterocycles. The molecule has 0 amide bonds. The summed E-state index contributed by atoms with van der Waals surface area (Å²) >= 11 is 1.85. The van der Waals surface area contributed by atoms with E-state index in [2.05, 4.69) is 11.6 Å². The Balaban J connectivity index is 2.27. The number of piperidine rings is 1. The first-order valence-corrected chi connectivity index (χ1v) is 5.35. The number of carbonyl (C=O) groups excluding carboxylic acids is 1. The minimum absolute atomic E-state index is 0.577. The number of hydrogen-bond donors (Lipinski definition) is 1. The van der Waals surface area contributed by atoms with Crippen LogP contribution in [0.1, 0.15) is 19.3 Å². The lowest BCUT2D eigenvalue weighted by Gasteiger charge is -2.27. The number of thioether (sulfide) groups is 1. The molecular weight excluding hydrogens is 158 g/mol. The number of nitrogens with one attached hydrogen (secondary N) is 1. The van der Waals surface area contributed by atoms with Crippen molar-refractivity contribution in [1.82, 2.24) is 5.32 Å². The van der Waals surface area contributed by atoms with E-state index in [4.69, 9.17) is 0 Å². The van der Waals surface area contributed by atoms with Gasteiger partial charge in [-0.15, -0.1) is 11.8 Å². The van der Waals surface area contributed by atoms with Gasteiger partial charge in [-0.25, -0.2) is 0 Å².